The summed E-state index contributed by atoms with van der Waals surface area (Å²) >= 11 is 0. The molecule has 2 amide bonds. The Morgan fingerprint density at radius 1 is 1.10 bits per heavy atom. The number of hydrogen-bond donors (Lipinski definition) is 2. The predicted molar refractivity (Wildman–Crippen MR) is 112 cm³/mol. The van der Waals surface area contributed by atoms with Crippen LogP contribution in [0.3, 0.4) is 0 Å². The van der Waals surface area contributed by atoms with Crippen molar-refractivity contribution in [3.8, 4) is 17.2 Å². The SMILES string of the molecule is N#Cc1ccccc1-c1ccccc1C(=O)N1CCC[C@H](c2[nH]ncc2C(N)=O)C1. The molecule has 3 N–H and O–H groups in total. The number of carbonyl (C=O) groups is 2. The van der Waals surface area contributed by atoms with Gasteiger partial charge in [-0.1, -0.05) is 36.4 Å². The van der Waals surface area contributed by atoms with E-state index in [0.29, 0.717) is 35.5 Å². The van der Waals surface area contributed by atoms with E-state index in [0.717, 1.165) is 24.0 Å². The lowest BCUT2D eigenvalue weighted by atomic mass is 9.91. The minimum atomic E-state index is -0.527. The van der Waals surface area contributed by atoms with Crippen molar-refractivity contribution >= 4 is 11.8 Å². The van der Waals surface area contributed by atoms with Gasteiger partial charge in [-0.2, -0.15) is 10.4 Å². The van der Waals surface area contributed by atoms with Crippen LogP contribution in [0, 0.1) is 11.3 Å². The Morgan fingerprint density at radius 2 is 1.83 bits per heavy atom. The van der Waals surface area contributed by atoms with Gasteiger partial charge in [-0.15, -0.1) is 0 Å². The number of nitriles is 1. The molecule has 0 bridgehead atoms. The maximum atomic E-state index is 13.5. The quantitative estimate of drug-likeness (QED) is 0.701. The molecule has 0 spiro atoms. The van der Waals surface area contributed by atoms with Gasteiger partial charge >= 0.3 is 0 Å². The predicted octanol–water partition coefficient (Wildman–Crippen LogP) is 3.07. The van der Waals surface area contributed by atoms with Crippen LogP contribution in [-0.2, 0) is 0 Å². The summed E-state index contributed by atoms with van der Waals surface area (Å²) in [7, 11) is 0. The molecule has 7 nitrogen and oxygen atoms in total. The summed E-state index contributed by atoms with van der Waals surface area (Å²) in [5, 5.41) is 16.3. The highest BCUT2D eigenvalue weighted by Crippen LogP contribution is 2.31. The van der Waals surface area contributed by atoms with Crippen LogP contribution in [0.2, 0.25) is 0 Å². The van der Waals surface area contributed by atoms with E-state index in [-0.39, 0.29) is 11.8 Å². The number of aromatic amines is 1. The van der Waals surface area contributed by atoms with Crippen molar-refractivity contribution in [3.63, 3.8) is 0 Å². The van der Waals surface area contributed by atoms with E-state index in [9.17, 15) is 14.9 Å². The zero-order chi connectivity index (χ0) is 21.1. The van der Waals surface area contributed by atoms with Gasteiger partial charge in [-0.25, -0.2) is 0 Å². The smallest absolute Gasteiger partial charge is 0.254 e. The molecule has 0 radical (unpaired) electrons. The molecule has 2 heterocycles. The minimum absolute atomic E-state index is 0.0359. The highest BCUT2D eigenvalue weighted by Gasteiger charge is 2.30. The third-order valence-corrected chi connectivity index (χ3v) is 5.55. The number of hydrogen-bond acceptors (Lipinski definition) is 4. The van der Waals surface area contributed by atoms with E-state index in [1.54, 1.807) is 17.0 Å². The number of aromatic nitrogens is 2. The Labute approximate surface area is 174 Å². The second kappa shape index (κ2) is 8.21. The lowest BCUT2D eigenvalue weighted by molar-refractivity contribution is 0.0706. The Balaban J connectivity index is 1.65. The van der Waals surface area contributed by atoms with Crippen molar-refractivity contribution in [1.29, 1.82) is 5.26 Å². The molecule has 0 unspecified atom stereocenters. The zero-order valence-corrected chi connectivity index (χ0v) is 16.3. The molecule has 1 aromatic heterocycles. The van der Waals surface area contributed by atoms with E-state index in [4.69, 9.17) is 5.73 Å². The summed E-state index contributed by atoms with van der Waals surface area (Å²) in [5.41, 5.74) is 9.07. The molecule has 0 aliphatic carbocycles. The Kier molecular flexibility index (Phi) is 5.31. The number of nitrogens with one attached hydrogen (secondary N) is 1. The molecule has 1 aliphatic rings. The number of benzene rings is 2. The number of nitrogens with two attached hydrogens (primary N) is 1. The van der Waals surface area contributed by atoms with Gasteiger partial charge in [0.1, 0.15) is 0 Å². The van der Waals surface area contributed by atoms with E-state index in [1.807, 2.05) is 36.4 Å². The average molecular weight is 399 g/mol. The Bertz CT molecular complexity index is 1140. The molecule has 30 heavy (non-hydrogen) atoms. The lowest BCUT2D eigenvalue weighted by Gasteiger charge is -2.33. The lowest BCUT2D eigenvalue weighted by Crippen LogP contribution is -2.39. The second-order valence-electron chi connectivity index (χ2n) is 7.35. The fourth-order valence-corrected chi connectivity index (χ4v) is 4.09. The van der Waals surface area contributed by atoms with Crippen LogP contribution in [0.15, 0.2) is 54.7 Å². The number of amides is 2. The fraction of sp³-hybridized carbons (Fsp3) is 0.217. The topological polar surface area (TPSA) is 116 Å². The number of likely N-dealkylation sites (tertiary alicyclic amines) is 1. The molecule has 0 saturated carbocycles. The average Bonchev–Trinajstić information content (AvgIpc) is 3.29. The van der Waals surface area contributed by atoms with Gasteiger partial charge < -0.3 is 10.6 Å². The molecule has 3 aromatic rings. The van der Waals surface area contributed by atoms with Gasteiger partial charge in [-0.05, 0) is 30.5 Å². The minimum Gasteiger partial charge on any atom is -0.365 e. The van der Waals surface area contributed by atoms with Crippen molar-refractivity contribution in [3.05, 3.63) is 77.1 Å². The summed E-state index contributed by atoms with van der Waals surface area (Å²) in [6, 6.07) is 16.8. The molecule has 150 valence electrons. The number of piperidine rings is 1. The second-order valence-corrected chi connectivity index (χ2v) is 7.35. The monoisotopic (exact) mass is 399 g/mol. The van der Waals surface area contributed by atoms with Gasteiger partial charge in [0, 0.05) is 30.1 Å². The van der Waals surface area contributed by atoms with Gasteiger partial charge in [-0.3, -0.25) is 14.7 Å². The first-order valence-electron chi connectivity index (χ1n) is 9.81. The van der Waals surface area contributed by atoms with Crippen LogP contribution in [0.5, 0.6) is 0 Å². The number of nitrogens with zero attached hydrogens (tertiary/aromatic N) is 3. The highest BCUT2D eigenvalue weighted by molar-refractivity contribution is 6.01. The van der Waals surface area contributed by atoms with Gasteiger partial charge in [0.15, 0.2) is 0 Å². The first-order chi connectivity index (χ1) is 14.6. The van der Waals surface area contributed by atoms with Crippen LogP contribution in [0.4, 0.5) is 0 Å². The highest BCUT2D eigenvalue weighted by atomic mass is 16.2. The molecule has 2 aromatic carbocycles. The molecular weight excluding hydrogens is 378 g/mol. The molecule has 1 aliphatic heterocycles. The third kappa shape index (κ3) is 3.55. The van der Waals surface area contributed by atoms with Crippen molar-refractivity contribution in [1.82, 2.24) is 15.1 Å². The van der Waals surface area contributed by atoms with Crippen LogP contribution in [0.25, 0.3) is 11.1 Å². The van der Waals surface area contributed by atoms with Crippen LogP contribution < -0.4 is 5.73 Å². The Hall–Kier alpha value is -3.92. The number of primary amides is 1. The fourth-order valence-electron chi connectivity index (χ4n) is 4.09. The van der Waals surface area contributed by atoms with Crippen molar-refractivity contribution in [2.75, 3.05) is 13.1 Å². The summed E-state index contributed by atoms with van der Waals surface area (Å²) in [4.78, 5) is 26.9. The van der Waals surface area contributed by atoms with Crippen molar-refractivity contribution in [2.24, 2.45) is 5.73 Å². The number of H-pyrrole nitrogens is 1. The molecule has 1 saturated heterocycles. The zero-order valence-electron chi connectivity index (χ0n) is 16.3. The van der Waals surface area contributed by atoms with E-state index in [1.165, 1.54) is 6.20 Å². The van der Waals surface area contributed by atoms with Crippen LogP contribution in [0.1, 0.15) is 50.7 Å². The third-order valence-electron chi connectivity index (χ3n) is 5.55. The van der Waals surface area contributed by atoms with Gasteiger partial charge in [0.2, 0.25) is 0 Å². The summed E-state index contributed by atoms with van der Waals surface area (Å²) < 4.78 is 0. The maximum absolute atomic E-state index is 13.5. The van der Waals surface area contributed by atoms with E-state index < -0.39 is 5.91 Å². The van der Waals surface area contributed by atoms with Crippen LogP contribution in [-0.4, -0.2) is 40.0 Å². The first-order valence-corrected chi connectivity index (χ1v) is 9.81. The normalized spacial score (nSPS) is 16.1. The number of rotatable bonds is 4. The Morgan fingerprint density at radius 3 is 2.60 bits per heavy atom. The molecule has 1 fully saturated rings. The van der Waals surface area contributed by atoms with Crippen molar-refractivity contribution < 1.29 is 9.59 Å². The van der Waals surface area contributed by atoms with Crippen molar-refractivity contribution in [2.45, 2.75) is 18.8 Å². The standard InChI is InChI=1S/C23H21N5O2/c24-12-15-6-1-2-8-17(15)18-9-3-4-10-19(18)23(30)28-11-5-7-16(14-28)21-20(22(25)29)13-26-27-21/h1-4,6,8-10,13,16H,5,7,11,14H2,(H2,25,29)(H,26,27)/t16-/m0/s1. The maximum Gasteiger partial charge on any atom is 0.254 e. The summed E-state index contributed by atoms with van der Waals surface area (Å²) in [6.45, 7) is 1.10. The first kappa shape index (κ1) is 19.4. The number of carbonyl (C=O) groups excluding carboxylic acids is 2. The molecule has 7 heteroatoms. The summed E-state index contributed by atoms with van der Waals surface area (Å²) in [6.07, 6.45) is 3.09. The molecular formula is C23H21N5O2. The molecule has 4 rings (SSSR count). The van der Waals surface area contributed by atoms with Gasteiger partial charge in [0.05, 0.1) is 29.1 Å². The van der Waals surface area contributed by atoms with Gasteiger partial charge in [0.25, 0.3) is 11.8 Å². The van der Waals surface area contributed by atoms with E-state index >= 15 is 0 Å². The molecule has 1 atom stereocenters. The summed E-state index contributed by atoms with van der Waals surface area (Å²) in [5.74, 6) is -0.657. The largest absolute Gasteiger partial charge is 0.365 e. The van der Waals surface area contributed by atoms with E-state index in [2.05, 4.69) is 16.3 Å². The van der Waals surface area contributed by atoms with Crippen LogP contribution >= 0.6 is 0 Å².